The molecule has 2 aromatic heterocycles. The summed E-state index contributed by atoms with van der Waals surface area (Å²) in [5.74, 6) is -0.0752. The van der Waals surface area contributed by atoms with E-state index in [9.17, 15) is 4.79 Å². The van der Waals surface area contributed by atoms with Gasteiger partial charge >= 0.3 is 0 Å². The van der Waals surface area contributed by atoms with Crippen molar-refractivity contribution in [1.29, 1.82) is 0 Å². The van der Waals surface area contributed by atoms with Crippen LogP contribution in [0.2, 0.25) is 0 Å². The van der Waals surface area contributed by atoms with E-state index in [4.69, 9.17) is 0 Å². The number of benzene rings is 1. The summed E-state index contributed by atoms with van der Waals surface area (Å²) < 4.78 is 2.24. The maximum atomic E-state index is 12.6. The van der Waals surface area contributed by atoms with Crippen molar-refractivity contribution in [3.8, 4) is 0 Å². The van der Waals surface area contributed by atoms with Gasteiger partial charge in [-0.3, -0.25) is 4.79 Å². The minimum Gasteiger partial charge on any atom is -0.346 e. The lowest BCUT2D eigenvalue weighted by atomic mass is 10.2. The van der Waals surface area contributed by atoms with Crippen LogP contribution in [0.1, 0.15) is 33.7 Å². The van der Waals surface area contributed by atoms with Crippen molar-refractivity contribution >= 4 is 33.8 Å². The average molecular weight is 371 g/mol. The van der Waals surface area contributed by atoms with Crippen molar-refractivity contribution in [1.82, 2.24) is 14.5 Å². The second kappa shape index (κ2) is 8.01. The van der Waals surface area contributed by atoms with Crippen molar-refractivity contribution in [2.24, 2.45) is 0 Å². The molecule has 0 unspecified atom stereocenters. The van der Waals surface area contributed by atoms with Crippen LogP contribution in [0.25, 0.3) is 10.9 Å². The van der Waals surface area contributed by atoms with E-state index in [0.717, 1.165) is 47.7 Å². The van der Waals surface area contributed by atoms with Gasteiger partial charge in [0.05, 0.1) is 10.7 Å². The number of rotatable bonds is 7. The van der Waals surface area contributed by atoms with E-state index in [2.05, 4.69) is 59.1 Å². The van der Waals surface area contributed by atoms with Gasteiger partial charge in [-0.15, -0.1) is 11.3 Å². The summed E-state index contributed by atoms with van der Waals surface area (Å²) in [6, 6.07) is 8.17. The summed E-state index contributed by atoms with van der Waals surface area (Å²) in [5, 5.41) is 5.18. The maximum absolute atomic E-state index is 12.6. The molecule has 3 rings (SSSR count). The van der Waals surface area contributed by atoms with E-state index < -0.39 is 0 Å². The quantitative estimate of drug-likeness (QED) is 0.679. The summed E-state index contributed by atoms with van der Waals surface area (Å²) in [6.07, 6.45) is 4.06. The highest BCUT2D eigenvalue weighted by molar-refractivity contribution is 7.13. The Morgan fingerprint density at radius 2 is 2.12 bits per heavy atom. The number of thiazole rings is 1. The van der Waals surface area contributed by atoms with E-state index in [0.29, 0.717) is 4.88 Å². The van der Waals surface area contributed by atoms with E-state index >= 15 is 0 Å². The van der Waals surface area contributed by atoms with E-state index in [-0.39, 0.29) is 5.91 Å². The summed E-state index contributed by atoms with van der Waals surface area (Å²) in [7, 11) is 4.15. The Bertz CT molecular complexity index is 910. The van der Waals surface area contributed by atoms with Gasteiger partial charge in [-0.05, 0) is 58.1 Å². The molecule has 1 amide bonds. The van der Waals surface area contributed by atoms with Gasteiger partial charge in [0.1, 0.15) is 4.88 Å². The third-order valence-corrected chi connectivity index (χ3v) is 5.54. The van der Waals surface area contributed by atoms with Crippen molar-refractivity contribution < 1.29 is 4.79 Å². The Kier molecular flexibility index (Phi) is 5.74. The predicted octanol–water partition coefficient (Wildman–Crippen LogP) is 4.17. The molecule has 1 N–H and O–H groups in total. The number of likely N-dealkylation sites (N-methyl/N-ethyl adjacent to an activating group) is 1. The van der Waals surface area contributed by atoms with Gasteiger partial charge in [0.15, 0.2) is 0 Å². The lowest BCUT2D eigenvalue weighted by Crippen LogP contribution is -2.17. The number of aromatic nitrogens is 2. The van der Waals surface area contributed by atoms with Crippen LogP contribution >= 0.6 is 11.3 Å². The van der Waals surface area contributed by atoms with Crippen molar-refractivity contribution in [3.63, 3.8) is 0 Å². The second-order valence-corrected chi connectivity index (χ2v) is 7.90. The predicted molar refractivity (Wildman–Crippen MR) is 109 cm³/mol. The standard InChI is InChI=1S/C20H26N4OS/c1-5-6-18-21-14(2)19(26-18)20(25)22-16-7-8-17-15(13-16)9-10-24(17)12-11-23(3)4/h7-10,13H,5-6,11-12H2,1-4H3,(H,22,25). The largest absolute Gasteiger partial charge is 0.346 e. The van der Waals surface area contributed by atoms with Gasteiger partial charge in [0, 0.05) is 35.9 Å². The molecule has 0 aliphatic rings. The number of anilines is 1. The summed E-state index contributed by atoms with van der Waals surface area (Å²) in [4.78, 5) is 20.0. The van der Waals surface area contributed by atoms with Gasteiger partial charge in [0.2, 0.25) is 0 Å². The zero-order valence-corrected chi connectivity index (χ0v) is 16.7. The van der Waals surface area contributed by atoms with Crippen LogP contribution in [-0.2, 0) is 13.0 Å². The molecule has 5 nitrogen and oxygen atoms in total. The highest BCUT2D eigenvalue weighted by Gasteiger charge is 2.15. The van der Waals surface area contributed by atoms with Crippen LogP contribution in [0, 0.1) is 6.92 Å². The molecule has 26 heavy (non-hydrogen) atoms. The number of fused-ring (bicyclic) bond motifs is 1. The average Bonchev–Trinajstić information content (AvgIpc) is 3.16. The molecule has 2 heterocycles. The molecule has 6 heteroatoms. The Morgan fingerprint density at radius 1 is 1.31 bits per heavy atom. The first-order valence-electron chi connectivity index (χ1n) is 8.99. The topological polar surface area (TPSA) is 50.2 Å². The molecule has 0 atom stereocenters. The minimum absolute atomic E-state index is 0.0752. The first-order chi connectivity index (χ1) is 12.5. The number of hydrogen-bond donors (Lipinski definition) is 1. The summed E-state index contributed by atoms with van der Waals surface area (Å²) in [5.41, 5.74) is 2.81. The number of nitrogens with one attached hydrogen (secondary N) is 1. The number of amides is 1. The van der Waals surface area contributed by atoms with Crippen molar-refractivity contribution in [2.75, 3.05) is 26.0 Å². The summed E-state index contributed by atoms with van der Waals surface area (Å²) in [6.45, 7) is 5.96. The molecule has 0 radical (unpaired) electrons. The zero-order chi connectivity index (χ0) is 18.7. The number of carbonyl (C=O) groups excluding carboxylic acids is 1. The third-order valence-electron chi connectivity index (χ3n) is 4.33. The highest BCUT2D eigenvalue weighted by Crippen LogP contribution is 2.24. The Labute approximate surface area is 158 Å². The van der Waals surface area contributed by atoms with Gasteiger partial charge in [-0.2, -0.15) is 0 Å². The van der Waals surface area contributed by atoms with Gasteiger partial charge < -0.3 is 14.8 Å². The monoisotopic (exact) mass is 370 g/mol. The van der Waals surface area contributed by atoms with Crippen LogP contribution in [0.3, 0.4) is 0 Å². The van der Waals surface area contributed by atoms with Crippen molar-refractivity contribution in [3.05, 3.63) is 46.0 Å². The molecule has 1 aromatic carbocycles. The van der Waals surface area contributed by atoms with Crippen LogP contribution in [-0.4, -0.2) is 41.0 Å². The molecule has 0 spiro atoms. The van der Waals surface area contributed by atoms with Crippen LogP contribution in [0.15, 0.2) is 30.5 Å². The van der Waals surface area contributed by atoms with Crippen molar-refractivity contribution in [2.45, 2.75) is 33.2 Å². The Morgan fingerprint density at radius 3 is 2.85 bits per heavy atom. The van der Waals surface area contributed by atoms with Gasteiger partial charge in [0.25, 0.3) is 5.91 Å². The molecule has 0 fully saturated rings. The SMILES string of the molecule is CCCc1nc(C)c(C(=O)Nc2ccc3c(ccn3CCN(C)C)c2)s1. The fraction of sp³-hybridized carbons (Fsp3) is 0.400. The highest BCUT2D eigenvalue weighted by atomic mass is 32.1. The molecule has 0 aliphatic carbocycles. The van der Waals surface area contributed by atoms with E-state index in [1.807, 2.05) is 19.1 Å². The fourth-order valence-electron chi connectivity index (χ4n) is 2.95. The molecule has 0 aliphatic heterocycles. The van der Waals surface area contributed by atoms with Crippen LogP contribution < -0.4 is 5.32 Å². The second-order valence-electron chi connectivity index (χ2n) is 6.81. The number of carbonyl (C=O) groups is 1. The first kappa shape index (κ1) is 18.6. The Balaban J connectivity index is 1.75. The van der Waals surface area contributed by atoms with Gasteiger partial charge in [-0.1, -0.05) is 6.92 Å². The Hall–Kier alpha value is -2.18. The number of hydrogen-bond acceptors (Lipinski definition) is 4. The molecule has 0 bridgehead atoms. The molecular formula is C20H26N4OS. The number of aryl methyl sites for hydroxylation is 2. The lowest BCUT2D eigenvalue weighted by molar-refractivity contribution is 0.103. The molecular weight excluding hydrogens is 344 g/mol. The first-order valence-corrected chi connectivity index (χ1v) is 9.81. The molecule has 138 valence electrons. The molecule has 3 aromatic rings. The minimum atomic E-state index is -0.0752. The maximum Gasteiger partial charge on any atom is 0.267 e. The third kappa shape index (κ3) is 4.14. The van der Waals surface area contributed by atoms with Crippen LogP contribution in [0.5, 0.6) is 0 Å². The van der Waals surface area contributed by atoms with E-state index in [1.54, 1.807) is 0 Å². The van der Waals surface area contributed by atoms with E-state index in [1.165, 1.54) is 16.9 Å². The lowest BCUT2D eigenvalue weighted by Gasteiger charge is -2.11. The molecule has 0 saturated carbocycles. The zero-order valence-electron chi connectivity index (χ0n) is 15.9. The smallest absolute Gasteiger partial charge is 0.267 e. The number of nitrogens with zero attached hydrogens (tertiary/aromatic N) is 3. The fourth-order valence-corrected chi connectivity index (χ4v) is 4.01. The molecule has 0 saturated heterocycles. The summed E-state index contributed by atoms with van der Waals surface area (Å²) >= 11 is 1.50. The normalized spacial score (nSPS) is 11.4. The van der Waals surface area contributed by atoms with Gasteiger partial charge in [-0.25, -0.2) is 4.98 Å². The van der Waals surface area contributed by atoms with Crippen LogP contribution in [0.4, 0.5) is 5.69 Å².